The summed E-state index contributed by atoms with van der Waals surface area (Å²) in [6, 6.07) is 0. The minimum absolute atomic E-state index is 0.0236. The molecule has 0 aliphatic carbocycles. The first-order valence-corrected chi connectivity index (χ1v) is 5.06. The molecular formula is C9H14N4O2. The molecule has 1 saturated heterocycles. The molecule has 0 aromatic carbocycles. The number of hydrogen-bond donors (Lipinski definition) is 2. The van der Waals surface area contributed by atoms with Crippen molar-refractivity contribution in [2.45, 2.75) is 31.8 Å². The summed E-state index contributed by atoms with van der Waals surface area (Å²) in [7, 11) is 0. The zero-order chi connectivity index (χ0) is 10.8. The lowest BCUT2D eigenvalue weighted by Crippen LogP contribution is -2.23. The first-order chi connectivity index (χ1) is 7.20. The van der Waals surface area contributed by atoms with E-state index in [0.29, 0.717) is 12.4 Å². The standard InChI is InChI=1S/C9H14N4O2/c1-2-6-5(3-4-15-6)7-11-8(10)13-9(14)12-7/h5-6H,2-4H2,1H3,(H3,10,11,12,13,14). The molecule has 1 aromatic rings. The van der Waals surface area contributed by atoms with Gasteiger partial charge < -0.3 is 10.5 Å². The number of nitrogens with zero attached hydrogens (tertiary/aromatic N) is 2. The van der Waals surface area contributed by atoms with E-state index in [0.717, 1.165) is 12.8 Å². The number of rotatable bonds is 2. The summed E-state index contributed by atoms with van der Waals surface area (Å²) >= 11 is 0. The molecule has 2 atom stereocenters. The number of nitrogens with one attached hydrogen (secondary N) is 1. The number of anilines is 1. The Bertz CT molecular complexity index is 403. The van der Waals surface area contributed by atoms with Crippen LogP contribution in [-0.2, 0) is 4.74 Å². The molecule has 2 unspecified atom stereocenters. The molecule has 0 spiro atoms. The normalized spacial score (nSPS) is 25.7. The van der Waals surface area contributed by atoms with Crippen LogP contribution in [0.5, 0.6) is 0 Å². The van der Waals surface area contributed by atoms with Crippen molar-refractivity contribution < 1.29 is 4.74 Å². The second-order valence-corrected chi connectivity index (χ2v) is 3.61. The Morgan fingerprint density at radius 1 is 1.60 bits per heavy atom. The molecule has 1 fully saturated rings. The Hall–Kier alpha value is -1.43. The maximum atomic E-state index is 11.1. The van der Waals surface area contributed by atoms with E-state index in [1.54, 1.807) is 0 Å². The Morgan fingerprint density at radius 3 is 3.07 bits per heavy atom. The van der Waals surface area contributed by atoms with Crippen molar-refractivity contribution in [1.82, 2.24) is 15.0 Å². The molecule has 1 aliphatic rings. The average Bonchev–Trinajstić information content (AvgIpc) is 2.63. The third-order valence-electron chi connectivity index (χ3n) is 2.65. The van der Waals surface area contributed by atoms with Crippen LogP contribution < -0.4 is 11.4 Å². The van der Waals surface area contributed by atoms with Crippen LogP contribution in [0, 0.1) is 0 Å². The molecular weight excluding hydrogens is 196 g/mol. The fraction of sp³-hybridized carbons (Fsp3) is 0.667. The van der Waals surface area contributed by atoms with Gasteiger partial charge in [-0.3, -0.25) is 4.98 Å². The van der Waals surface area contributed by atoms with Gasteiger partial charge in [0.1, 0.15) is 5.82 Å². The lowest BCUT2D eigenvalue weighted by atomic mass is 9.99. The first kappa shape index (κ1) is 10.1. The highest BCUT2D eigenvalue weighted by molar-refractivity contribution is 5.15. The van der Waals surface area contributed by atoms with E-state index in [4.69, 9.17) is 10.5 Å². The van der Waals surface area contributed by atoms with E-state index in [2.05, 4.69) is 15.0 Å². The van der Waals surface area contributed by atoms with Crippen molar-refractivity contribution in [2.24, 2.45) is 0 Å². The molecule has 0 bridgehead atoms. The van der Waals surface area contributed by atoms with Crippen molar-refractivity contribution in [1.29, 1.82) is 0 Å². The predicted molar refractivity (Wildman–Crippen MR) is 54.5 cm³/mol. The quantitative estimate of drug-likeness (QED) is 0.718. The fourth-order valence-corrected chi connectivity index (χ4v) is 1.96. The predicted octanol–water partition coefficient (Wildman–Crippen LogP) is 0.0296. The molecule has 2 heterocycles. The zero-order valence-corrected chi connectivity index (χ0v) is 8.56. The third-order valence-corrected chi connectivity index (χ3v) is 2.65. The number of nitrogen functional groups attached to an aromatic ring is 1. The van der Waals surface area contributed by atoms with Gasteiger partial charge in [0, 0.05) is 12.5 Å². The monoisotopic (exact) mass is 210 g/mol. The summed E-state index contributed by atoms with van der Waals surface area (Å²) in [6.45, 7) is 2.75. The molecule has 6 heteroatoms. The molecule has 6 nitrogen and oxygen atoms in total. The smallest absolute Gasteiger partial charge is 0.349 e. The van der Waals surface area contributed by atoms with E-state index >= 15 is 0 Å². The van der Waals surface area contributed by atoms with Crippen LogP contribution in [0.25, 0.3) is 0 Å². The van der Waals surface area contributed by atoms with Crippen molar-refractivity contribution in [3.8, 4) is 0 Å². The minimum Gasteiger partial charge on any atom is -0.377 e. The number of ether oxygens (including phenoxy) is 1. The van der Waals surface area contributed by atoms with Gasteiger partial charge in [-0.05, 0) is 12.8 Å². The van der Waals surface area contributed by atoms with Crippen LogP contribution in [0.15, 0.2) is 4.79 Å². The summed E-state index contributed by atoms with van der Waals surface area (Å²) in [6.07, 6.45) is 1.89. The second-order valence-electron chi connectivity index (χ2n) is 3.61. The van der Waals surface area contributed by atoms with Gasteiger partial charge >= 0.3 is 5.69 Å². The molecule has 2 rings (SSSR count). The van der Waals surface area contributed by atoms with Gasteiger partial charge in [-0.15, -0.1) is 0 Å². The van der Waals surface area contributed by atoms with Crippen LogP contribution in [0.2, 0.25) is 0 Å². The number of H-pyrrole nitrogens is 1. The van der Waals surface area contributed by atoms with E-state index in [-0.39, 0.29) is 18.0 Å². The van der Waals surface area contributed by atoms with E-state index in [1.165, 1.54) is 0 Å². The van der Waals surface area contributed by atoms with Crippen LogP contribution in [0.3, 0.4) is 0 Å². The second kappa shape index (κ2) is 3.98. The van der Waals surface area contributed by atoms with Gasteiger partial charge in [0.15, 0.2) is 0 Å². The van der Waals surface area contributed by atoms with Gasteiger partial charge in [0.25, 0.3) is 0 Å². The van der Waals surface area contributed by atoms with Crippen molar-refractivity contribution >= 4 is 5.95 Å². The molecule has 3 N–H and O–H groups in total. The minimum atomic E-state index is -0.445. The van der Waals surface area contributed by atoms with Gasteiger partial charge in [-0.2, -0.15) is 9.97 Å². The summed E-state index contributed by atoms with van der Waals surface area (Å²) in [5, 5.41) is 0. The van der Waals surface area contributed by atoms with Gasteiger partial charge in [-0.1, -0.05) is 6.92 Å². The summed E-state index contributed by atoms with van der Waals surface area (Å²) in [5.41, 5.74) is 4.99. The lowest BCUT2D eigenvalue weighted by molar-refractivity contribution is 0.0993. The fourth-order valence-electron chi connectivity index (χ4n) is 1.96. The van der Waals surface area contributed by atoms with Crippen LogP contribution in [0.4, 0.5) is 5.95 Å². The maximum absolute atomic E-state index is 11.1. The van der Waals surface area contributed by atoms with E-state index in [1.807, 2.05) is 6.92 Å². The average molecular weight is 210 g/mol. The number of hydrogen-bond acceptors (Lipinski definition) is 5. The summed E-state index contributed by atoms with van der Waals surface area (Å²) in [5.74, 6) is 0.750. The van der Waals surface area contributed by atoms with Gasteiger partial charge in [0.05, 0.1) is 6.10 Å². The highest BCUT2D eigenvalue weighted by Gasteiger charge is 2.30. The molecule has 0 amide bonds. The largest absolute Gasteiger partial charge is 0.377 e. The van der Waals surface area contributed by atoms with Crippen LogP contribution >= 0.6 is 0 Å². The summed E-state index contributed by atoms with van der Waals surface area (Å²) < 4.78 is 5.53. The lowest BCUT2D eigenvalue weighted by Gasteiger charge is -2.15. The van der Waals surface area contributed by atoms with Crippen LogP contribution in [0.1, 0.15) is 31.5 Å². The van der Waals surface area contributed by atoms with E-state index in [9.17, 15) is 4.79 Å². The Labute approximate surface area is 86.9 Å². The Balaban J connectivity index is 2.32. The molecule has 82 valence electrons. The number of aromatic nitrogens is 3. The highest BCUT2D eigenvalue weighted by atomic mass is 16.5. The molecule has 0 radical (unpaired) electrons. The van der Waals surface area contributed by atoms with Crippen LogP contribution in [-0.4, -0.2) is 27.7 Å². The van der Waals surface area contributed by atoms with Gasteiger partial charge in [0.2, 0.25) is 5.95 Å². The van der Waals surface area contributed by atoms with Crippen molar-refractivity contribution in [3.05, 3.63) is 16.3 Å². The Kier molecular flexibility index (Phi) is 2.68. The highest BCUT2D eigenvalue weighted by Crippen LogP contribution is 2.30. The van der Waals surface area contributed by atoms with Gasteiger partial charge in [-0.25, -0.2) is 4.79 Å². The number of aromatic amines is 1. The van der Waals surface area contributed by atoms with E-state index < -0.39 is 5.69 Å². The molecule has 0 saturated carbocycles. The molecule has 1 aliphatic heterocycles. The Morgan fingerprint density at radius 2 is 2.40 bits per heavy atom. The SMILES string of the molecule is CCC1OCCC1c1nc(N)nc(=O)[nH]1. The first-order valence-electron chi connectivity index (χ1n) is 5.06. The topological polar surface area (TPSA) is 93.9 Å². The van der Waals surface area contributed by atoms with Crippen molar-refractivity contribution in [2.75, 3.05) is 12.3 Å². The van der Waals surface area contributed by atoms with Crippen molar-refractivity contribution in [3.63, 3.8) is 0 Å². The molecule has 1 aromatic heterocycles. The maximum Gasteiger partial charge on any atom is 0.349 e. The zero-order valence-electron chi connectivity index (χ0n) is 8.56. The summed E-state index contributed by atoms with van der Waals surface area (Å²) in [4.78, 5) is 21.3. The number of nitrogens with two attached hydrogens (primary N) is 1. The third kappa shape index (κ3) is 1.99. The molecule has 15 heavy (non-hydrogen) atoms.